The minimum absolute atomic E-state index is 0.123. The number of anilines is 2. The number of benzene rings is 2. The quantitative estimate of drug-likeness (QED) is 0.567. The van der Waals surface area contributed by atoms with Crippen molar-refractivity contribution in [2.24, 2.45) is 0 Å². The Hall–Kier alpha value is -3.39. The minimum Gasteiger partial charge on any atom is -0.459 e. The van der Waals surface area contributed by atoms with Gasteiger partial charge in [-0.05, 0) is 50.2 Å². The number of halogens is 1. The summed E-state index contributed by atoms with van der Waals surface area (Å²) in [5.41, 5.74) is 1.25. The molecule has 0 fully saturated rings. The number of nitrogens with one attached hydrogen (secondary N) is 2. The lowest BCUT2D eigenvalue weighted by molar-refractivity contribution is -0.147. The number of para-hydroxylation sites is 1. The third-order valence-corrected chi connectivity index (χ3v) is 4.15. The molecule has 0 radical (unpaired) electrons. The first kappa shape index (κ1) is 23.9. The third-order valence-electron chi connectivity index (χ3n) is 3.82. The molecule has 31 heavy (non-hydrogen) atoms. The fourth-order valence-corrected chi connectivity index (χ4v) is 2.56. The molecule has 0 aliphatic carbocycles. The Morgan fingerprint density at radius 1 is 0.903 bits per heavy atom. The monoisotopic (exact) mass is 446 g/mol. The molecule has 0 saturated carbocycles. The van der Waals surface area contributed by atoms with Crippen LogP contribution in [0.3, 0.4) is 0 Å². The number of hydrogen-bond acceptors (Lipinski definition) is 6. The van der Waals surface area contributed by atoms with Gasteiger partial charge in [-0.15, -0.1) is 0 Å². The lowest BCUT2D eigenvalue weighted by atomic mass is 10.2. The first-order valence-electron chi connectivity index (χ1n) is 9.55. The molecule has 0 spiro atoms. The maximum Gasteiger partial charge on any atom is 0.338 e. The Labute approximate surface area is 184 Å². The summed E-state index contributed by atoms with van der Waals surface area (Å²) in [7, 11) is 0. The number of hydrogen-bond donors (Lipinski definition) is 2. The van der Waals surface area contributed by atoms with E-state index in [1.165, 1.54) is 12.1 Å². The largest absolute Gasteiger partial charge is 0.459 e. The van der Waals surface area contributed by atoms with Crippen LogP contribution in [-0.2, 0) is 23.9 Å². The highest BCUT2D eigenvalue weighted by Crippen LogP contribution is 2.20. The highest BCUT2D eigenvalue weighted by Gasteiger charge is 2.13. The van der Waals surface area contributed by atoms with E-state index in [9.17, 15) is 19.2 Å². The van der Waals surface area contributed by atoms with E-state index in [2.05, 4.69) is 10.6 Å². The van der Waals surface area contributed by atoms with Gasteiger partial charge in [0.1, 0.15) is 0 Å². The van der Waals surface area contributed by atoms with Crippen molar-refractivity contribution in [2.75, 3.05) is 17.2 Å². The molecule has 0 aliphatic heterocycles. The lowest BCUT2D eigenvalue weighted by Gasteiger charge is -2.09. The molecular formula is C22H23ClN2O6. The van der Waals surface area contributed by atoms with Crippen LogP contribution in [0.4, 0.5) is 11.4 Å². The minimum atomic E-state index is -0.684. The van der Waals surface area contributed by atoms with Gasteiger partial charge in [-0.2, -0.15) is 0 Å². The molecule has 0 unspecified atom stereocenters. The summed E-state index contributed by atoms with van der Waals surface area (Å²) >= 11 is 5.94. The van der Waals surface area contributed by atoms with Crippen LogP contribution in [0.1, 0.15) is 37.0 Å². The van der Waals surface area contributed by atoms with Gasteiger partial charge >= 0.3 is 11.9 Å². The number of carbonyl (C=O) groups excluding carboxylic acids is 4. The van der Waals surface area contributed by atoms with Crippen LogP contribution < -0.4 is 10.6 Å². The van der Waals surface area contributed by atoms with Crippen LogP contribution in [0.2, 0.25) is 5.02 Å². The lowest BCUT2D eigenvalue weighted by Crippen LogP contribution is -2.22. The van der Waals surface area contributed by atoms with Crippen LogP contribution in [-0.4, -0.2) is 36.5 Å². The molecule has 9 heteroatoms. The van der Waals surface area contributed by atoms with Crippen LogP contribution in [0.15, 0.2) is 48.5 Å². The van der Waals surface area contributed by atoms with Gasteiger partial charge in [-0.3, -0.25) is 14.4 Å². The van der Waals surface area contributed by atoms with Crippen molar-refractivity contribution < 1.29 is 28.7 Å². The van der Waals surface area contributed by atoms with Crippen molar-refractivity contribution in [3.8, 4) is 0 Å². The third kappa shape index (κ3) is 8.47. The molecule has 2 aromatic rings. The van der Waals surface area contributed by atoms with Crippen molar-refractivity contribution in [1.29, 1.82) is 0 Å². The number of esters is 2. The Bertz CT molecular complexity index is 943. The van der Waals surface area contributed by atoms with Crippen LogP contribution in [0, 0.1) is 0 Å². The molecule has 2 amide bonds. The Morgan fingerprint density at radius 2 is 1.58 bits per heavy atom. The summed E-state index contributed by atoms with van der Waals surface area (Å²) in [6, 6.07) is 12.9. The van der Waals surface area contributed by atoms with E-state index >= 15 is 0 Å². The standard InChI is InChI=1S/C22H23ClN2O6/c1-14(2)31-22(29)15-7-9-16(10-8-15)24-19(26)11-12-21(28)30-13-20(27)25-18-6-4-3-5-17(18)23/h3-10,14H,11-13H2,1-2H3,(H,24,26)(H,25,27). The molecule has 2 rings (SSSR count). The molecule has 0 heterocycles. The zero-order valence-electron chi connectivity index (χ0n) is 17.1. The van der Waals surface area contributed by atoms with Gasteiger partial charge in [0, 0.05) is 12.1 Å². The molecule has 0 aromatic heterocycles. The van der Waals surface area contributed by atoms with E-state index in [-0.39, 0.29) is 18.9 Å². The molecule has 2 N–H and O–H groups in total. The number of carbonyl (C=O) groups is 4. The van der Waals surface area contributed by atoms with Gasteiger partial charge in [0.2, 0.25) is 5.91 Å². The summed E-state index contributed by atoms with van der Waals surface area (Å²) in [4.78, 5) is 47.4. The van der Waals surface area contributed by atoms with E-state index in [0.29, 0.717) is 22.0 Å². The van der Waals surface area contributed by atoms with Crippen LogP contribution in [0.5, 0.6) is 0 Å². The van der Waals surface area contributed by atoms with Crippen LogP contribution in [0.25, 0.3) is 0 Å². The zero-order chi connectivity index (χ0) is 22.8. The van der Waals surface area contributed by atoms with Gasteiger partial charge in [0.05, 0.1) is 28.8 Å². The molecule has 164 valence electrons. The van der Waals surface area contributed by atoms with Gasteiger partial charge < -0.3 is 20.1 Å². The fraction of sp³-hybridized carbons (Fsp3) is 0.273. The smallest absolute Gasteiger partial charge is 0.338 e. The highest BCUT2D eigenvalue weighted by molar-refractivity contribution is 6.33. The summed E-state index contributed by atoms with van der Waals surface area (Å²) in [6.45, 7) is 3.02. The first-order chi connectivity index (χ1) is 14.7. The Balaban J connectivity index is 1.70. The average Bonchev–Trinajstić information content (AvgIpc) is 2.72. The molecular weight excluding hydrogens is 424 g/mol. The van der Waals surface area contributed by atoms with Crippen LogP contribution >= 0.6 is 11.6 Å². The zero-order valence-corrected chi connectivity index (χ0v) is 17.9. The van der Waals surface area contributed by atoms with E-state index in [1.807, 2.05) is 0 Å². The second kappa shape index (κ2) is 11.7. The van der Waals surface area contributed by atoms with Gasteiger partial charge in [-0.25, -0.2) is 4.79 Å². The predicted molar refractivity (Wildman–Crippen MR) is 116 cm³/mol. The van der Waals surface area contributed by atoms with Crippen molar-refractivity contribution >= 4 is 46.7 Å². The van der Waals surface area contributed by atoms with Gasteiger partial charge in [0.25, 0.3) is 5.91 Å². The van der Waals surface area contributed by atoms with Gasteiger partial charge in [-0.1, -0.05) is 23.7 Å². The van der Waals surface area contributed by atoms with E-state index in [1.54, 1.807) is 50.2 Å². The second-order valence-corrected chi connectivity index (χ2v) is 7.18. The van der Waals surface area contributed by atoms with Crippen molar-refractivity contribution in [3.05, 3.63) is 59.1 Å². The predicted octanol–water partition coefficient (Wildman–Crippen LogP) is 3.81. The maximum absolute atomic E-state index is 12.0. The molecule has 0 aliphatic rings. The highest BCUT2D eigenvalue weighted by atomic mass is 35.5. The number of amides is 2. The van der Waals surface area contributed by atoms with Crippen molar-refractivity contribution in [2.45, 2.75) is 32.8 Å². The second-order valence-electron chi connectivity index (χ2n) is 6.77. The van der Waals surface area contributed by atoms with Crippen molar-refractivity contribution in [1.82, 2.24) is 0 Å². The first-order valence-corrected chi connectivity index (χ1v) is 9.93. The van der Waals surface area contributed by atoms with E-state index < -0.39 is 30.4 Å². The average molecular weight is 447 g/mol. The maximum atomic E-state index is 12.0. The topological polar surface area (TPSA) is 111 Å². The molecule has 2 aromatic carbocycles. The summed E-state index contributed by atoms with van der Waals surface area (Å²) in [6.07, 6.45) is -0.541. The normalized spacial score (nSPS) is 10.3. The van der Waals surface area contributed by atoms with E-state index in [4.69, 9.17) is 21.1 Å². The number of ether oxygens (including phenoxy) is 2. The molecule has 0 saturated heterocycles. The molecule has 8 nitrogen and oxygen atoms in total. The fourth-order valence-electron chi connectivity index (χ4n) is 2.38. The Morgan fingerprint density at radius 3 is 2.23 bits per heavy atom. The summed E-state index contributed by atoms with van der Waals surface area (Å²) < 4.78 is 9.95. The number of rotatable bonds is 9. The SMILES string of the molecule is CC(C)OC(=O)c1ccc(NC(=O)CCC(=O)OCC(=O)Nc2ccccc2Cl)cc1. The van der Waals surface area contributed by atoms with E-state index in [0.717, 1.165) is 0 Å². The molecule has 0 bridgehead atoms. The summed E-state index contributed by atoms with van der Waals surface area (Å²) in [5.74, 6) is -2.08. The molecule has 0 atom stereocenters. The Kier molecular flexibility index (Phi) is 9.02. The van der Waals surface area contributed by atoms with Gasteiger partial charge in [0.15, 0.2) is 6.61 Å². The van der Waals surface area contributed by atoms with Crippen molar-refractivity contribution in [3.63, 3.8) is 0 Å². The summed E-state index contributed by atoms with van der Waals surface area (Å²) in [5, 5.41) is 5.51.